The van der Waals surface area contributed by atoms with Gasteiger partial charge < -0.3 is 10.4 Å². The number of carboxylic acids is 1. The minimum atomic E-state index is -0.721. The van der Waals surface area contributed by atoms with E-state index in [0.717, 1.165) is 35.3 Å². The highest BCUT2D eigenvalue weighted by Crippen LogP contribution is 2.32. The Hall–Kier alpha value is -1.69. The zero-order valence-electron chi connectivity index (χ0n) is 10.6. The summed E-state index contributed by atoms with van der Waals surface area (Å²) in [4.78, 5) is 21.8. The summed E-state index contributed by atoms with van der Waals surface area (Å²) in [6, 6.07) is 2.02. The van der Waals surface area contributed by atoms with Crippen LogP contribution in [0.2, 0.25) is 0 Å². The van der Waals surface area contributed by atoms with Crippen molar-refractivity contribution >= 4 is 33.3 Å². The van der Waals surface area contributed by atoms with Crippen molar-refractivity contribution in [3.8, 4) is 0 Å². The van der Waals surface area contributed by atoms with Crippen molar-refractivity contribution in [2.45, 2.75) is 32.2 Å². The number of nitrogens with zero attached hydrogens (tertiary/aromatic N) is 2. The van der Waals surface area contributed by atoms with E-state index in [1.165, 1.54) is 11.2 Å². The molecule has 2 atom stereocenters. The molecule has 1 aliphatic rings. The molecule has 2 unspecified atom stereocenters. The monoisotopic (exact) mass is 277 g/mol. The first-order valence-electron chi connectivity index (χ1n) is 6.35. The highest BCUT2D eigenvalue weighted by molar-refractivity contribution is 7.18. The van der Waals surface area contributed by atoms with Gasteiger partial charge in [0.15, 0.2) is 0 Å². The van der Waals surface area contributed by atoms with Crippen molar-refractivity contribution in [1.29, 1.82) is 0 Å². The maximum absolute atomic E-state index is 11.2. The maximum atomic E-state index is 11.2. The number of thiophene rings is 1. The fourth-order valence-electron chi connectivity index (χ4n) is 2.70. The van der Waals surface area contributed by atoms with E-state index in [4.69, 9.17) is 0 Å². The number of nitrogens with one attached hydrogen (secondary N) is 1. The zero-order chi connectivity index (χ0) is 13.4. The van der Waals surface area contributed by atoms with Crippen LogP contribution in [-0.2, 0) is 4.79 Å². The number of aryl methyl sites for hydroxylation is 1. The Morgan fingerprint density at radius 1 is 1.47 bits per heavy atom. The number of fused-ring (bicyclic) bond motifs is 1. The average molecular weight is 277 g/mol. The SMILES string of the molecule is Cc1cc2c(NC3CCCC3C(=O)O)ncnc2s1. The Balaban J connectivity index is 1.91. The molecule has 0 aliphatic heterocycles. The van der Waals surface area contributed by atoms with E-state index in [9.17, 15) is 9.90 Å². The molecule has 2 heterocycles. The third-order valence-corrected chi connectivity index (χ3v) is 4.57. The molecule has 2 N–H and O–H groups in total. The van der Waals surface area contributed by atoms with E-state index in [1.54, 1.807) is 11.3 Å². The van der Waals surface area contributed by atoms with Gasteiger partial charge in [0.05, 0.1) is 11.3 Å². The van der Waals surface area contributed by atoms with Crippen LogP contribution >= 0.6 is 11.3 Å². The van der Waals surface area contributed by atoms with Gasteiger partial charge in [-0.2, -0.15) is 0 Å². The molecule has 0 bridgehead atoms. The summed E-state index contributed by atoms with van der Waals surface area (Å²) in [6.07, 6.45) is 4.10. The van der Waals surface area contributed by atoms with Crippen LogP contribution in [-0.4, -0.2) is 27.1 Å². The Bertz CT molecular complexity index is 625. The number of hydrogen-bond donors (Lipinski definition) is 2. The second kappa shape index (κ2) is 4.77. The molecule has 1 fully saturated rings. The second-order valence-electron chi connectivity index (χ2n) is 4.92. The van der Waals surface area contributed by atoms with Crippen molar-refractivity contribution in [3.05, 3.63) is 17.3 Å². The van der Waals surface area contributed by atoms with Gasteiger partial charge in [-0.3, -0.25) is 4.79 Å². The lowest BCUT2D eigenvalue weighted by Crippen LogP contribution is -2.30. The van der Waals surface area contributed by atoms with Crippen molar-refractivity contribution < 1.29 is 9.90 Å². The maximum Gasteiger partial charge on any atom is 0.308 e. The molecular formula is C13H15N3O2S. The molecule has 1 saturated carbocycles. The molecule has 0 radical (unpaired) electrons. The predicted molar refractivity (Wildman–Crippen MR) is 74.5 cm³/mol. The molecule has 2 aromatic rings. The van der Waals surface area contributed by atoms with Crippen LogP contribution in [0.4, 0.5) is 5.82 Å². The van der Waals surface area contributed by atoms with Gasteiger partial charge in [0.2, 0.25) is 0 Å². The summed E-state index contributed by atoms with van der Waals surface area (Å²) in [5, 5.41) is 13.5. The van der Waals surface area contributed by atoms with Crippen molar-refractivity contribution in [1.82, 2.24) is 9.97 Å². The highest BCUT2D eigenvalue weighted by Gasteiger charge is 2.33. The molecule has 0 aromatic carbocycles. The van der Waals surface area contributed by atoms with Gasteiger partial charge in [-0.1, -0.05) is 6.42 Å². The van der Waals surface area contributed by atoms with Crippen molar-refractivity contribution in [2.24, 2.45) is 5.92 Å². The first-order valence-corrected chi connectivity index (χ1v) is 7.17. The van der Waals surface area contributed by atoms with E-state index in [1.807, 2.05) is 13.0 Å². The first kappa shape index (κ1) is 12.3. The Morgan fingerprint density at radius 3 is 3.11 bits per heavy atom. The first-order chi connectivity index (χ1) is 9.15. The minimum absolute atomic E-state index is 0.0317. The van der Waals surface area contributed by atoms with Crippen molar-refractivity contribution in [2.75, 3.05) is 5.32 Å². The number of carbonyl (C=O) groups is 1. The summed E-state index contributed by atoms with van der Waals surface area (Å²) in [6.45, 7) is 2.03. The third-order valence-electron chi connectivity index (χ3n) is 3.61. The van der Waals surface area contributed by atoms with Gasteiger partial charge >= 0.3 is 5.97 Å². The summed E-state index contributed by atoms with van der Waals surface area (Å²) in [5.74, 6) is -0.279. The summed E-state index contributed by atoms with van der Waals surface area (Å²) >= 11 is 1.62. The van der Waals surface area contributed by atoms with Crippen molar-refractivity contribution in [3.63, 3.8) is 0 Å². The highest BCUT2D eigenvalue weighted by atomic mass is 32.1. The summed E-state index contributed by atoms with van der Waals surface area (Å²) in [5.41, 5.74) is 0. The zero-order valence-corrected chi connectivity index (χ0v) is 11.4. The molecule has 2 aromatic heterocycles. The van der Waals surface area contributed by atoms with Gasteiger partial charge in [-0.25, -0.2) is 9.97 Å². The summed E-state index contributed by atoms with van der Waals surface area (Å²) < 4.78 is 0. The largest absolute Gasteiger partial charge is 0.481 e. The Kier molecular flexibility index (Phi) is 3.10. The fraction of sp³-hybridized carbons (Fsp3) is 0.462. The standard InChI is InChI=1S/C13H15N3O2S/c1-7-5-9-11(14-6-15-12(9)19-7)16-10-4-2-3-8(10)13(17)18/h5-6,8,10H,2-4H2,1H3,(H,17,18)(H,14,15,16). The molecule has 100 valence electrons. The quantitative estimate of drug-likeness (QED) is 0.902. The lowest BCUT2D eigenvalue weighted by molar-refractivity contribution is -0.141. The van der Waals surface area contributed by atoms with Gasteiger partial charge in [-0.05, 0) is 25.8 Å². The number of anilines is 1. The molecule has 1 aliphatic carbocycles. The number of aliphatic carboxylic acids is 1. The number of rotatable bonds is 3. The van der Waals surface area contributed by atoms with Crippen LogP contribution < -0.4 is 5.32 Å². The lowest BCUT2D eigenvalue weighted by atomic mass is 10.0. The molecule has 0 amide bonds. The smallest absolute Gasteiger partial charge is 0.308 e. The van der Waals surface area contributed by atoms with E-state index in [-0.39, 0.29) is 12.0 Å². The van der Waals surface area contributed by atoms with Crippen LogP contribution in [0, 0.1) is 12.8 Å². The van der Waals surface area contributed by atoms with E-state index in [0.29, 0.717) is 0 Å². The van der Waals surface area contributed by atoms with Crippen LogP contribution in [0.25, 0.3) is 10.2 Å². The van der Waals surface area contributed by atoms with Crippen LogP contribution in [0.1, 0.15) is 24.1 Å². The molecule has 19 heavy (non-hydrogen) atoms. The second-order valence-corrected chi connectivity index (χ2v) is 6.16. The molecule has 0 saturated heterocycles. The molecule has 6 heteroatoms. The predicted octanol–water partition coefficient (Wildman–Crippen LogP) is 2.66. The third kappa shape index (κ3) is 2.28. The average Bonchev–Trinajstić information content (AvgIpc) is 2.95. The topological polar surface area (TPSA) is 75.1 Å². The van der Waals surface area contributed by atoms with Crippen LogP contribution in [0.5, 0.6) is 0 Å². The van der Waals surface area contributed by atoms with Gasteiger partial charge in [0, 0.05) is 10.9 Å². The van der Waals surface area contributed by atoms with Crippen LogP contribution in [0.3, 0.4) is 0 Å². The Labute approximate surface area is 114 Å². The van der Waals surface area contributed by atoms with E-state index >= 15 is 0 Å². The lowest BCUT2D eigenvalue weighted by Gasteiger charge is -2.18. The number of carboxylic acid groups (broad SMARTS) is 1. The molecular weight excluding hydrogens is 262 g/mol. The number of aromatic nitrogens is 2. The minimum Gasteiger partial charge on any atom is -0.481 e. The summed E-state index contributed by atoms with van der Waals surface area (Å²) in [7, 11) is 0. The Morgan fingerprint density at radius 2 is 2.32 bits per heavy atom. The van der Waals surface area contributed by atoms with E-state index < -0.39 is 5.97 Å². The molecule has 0 spiro atoms. The van der Waals surface area contributed by atoms with Crippen LogP contribution in [0.15, 0.2) is 12.4 Å². The number of hydrogen-bond acceptors (Lipinski definition) is 5. The van der Waals surface area contributed by atoms with Gasteiger partial charge in [0.25, 0.3) is 0 Å². The molecule has 3 rings (SSSR count). The normalized spacial score (nSPS) is 22.8. The molecule has 5 nitrogen and oxygen atoms in total. The van der Waals surface area contributed by atoms with Gasteiger partial charge in [0.1, 0.15) is 17.0 Å². The fourth-order valence-corrected chi connectivity index (χ4v) is 3.54. The van der Waals surface area contributed by atoms with Gasteiger partial charge in [-0.15, -0.1) is 11.3 Å². The van der Waals surface area contributed by atoms with E-state index in [2.05, 4.69) is 15.3 Å².